The first kappa shape index (κ1) is 17.2. The van der Waals surface area contributed by atoms with E-state index in [2.05, 4.69) is 12.2 Å². The van der Waals surface area contributed by atoms with Gasteiger partial charge in [0.1, 0.15) is 6.10 Å². The van der Waals surface area contributed by atoms with Crippen LogP contribution in [0.3, 0.4) is 0 Å². The lowest BCUT2D eigenvalue weighted by molar-refractivity contribution is 0.0979. The Hall–Kier alpha value is -2.15. The predicted molar refractivity (Wildman–Crippen MR) is 92.7 cm³/mol. The molecule has 1 fully saturated rings. The van der Waals surface area contributed by atoms with Gasteiger partial charge in [-0.25, -0.2) is 4.79 Å². The second-order valence-electron chi connectivity index (χ2n) is 5.44. The van der Waals surface area contributed by atoms with E-state index in [1.165, 1.54) is 4.90 Å². The number of amides is 1. The highest BCUT2D eigenvalue weighted by molar-refractivity contribution is 7.80. The summed E-state index contributed by atoms with van der Waals surface area (Å²) >= 11 is 4.73. The summed E-state index contributed by atoms with van der Waals surface area (Å²) in [6.07, 6.45) is 1.70. The summed E-state index contributed by atoms with van der Waals surface area (Å²) in [5.41, 5.74) is 6.74. The Morgan fingerprint density at radius 2 is 2.13 bits per heavy atom. The highest BCUT2D eigenvalue weighted by atomic mass is 32.1. The molecular formula is C16H21N3O3S. The molecule has 0 spiro atoms. The molecule has 7 heteroatoms. The zero-order chi connectivity index (χ0) is 16.8. The van der Waals surface area contributed by atoms with Crippen molar-refractivity contribution in [1.29, 1.82) is 0 Å². The summed E-state index contributed by atoms with van der Waals surface area (Å²) < 4.78 is 5.25. The van der Waals surface area contributed by atoms with E-state index in [1.54, 1.807) is 24.3 Å². The quantitative estimate of drug-likeness (QED) is 0.587. The number of anilines is 1. The molecule has 1 amide bonds. The minimum Gasteiger partial charge on any atom is -0.442 e. The number of ketones is 1. The Bertz CT molecular complexity index is 589. The van der Waals surface area contributed by atoms with Gasteiger partial charge in [0.2, 0.25) is 0 Å². The predicted octanol–water partition coefficient (Wildman–Crippen LogP) is 2.22. The second-order valence-corrected chi connectivity index (χ2v) is 5.87. The third-order valence-electron chi connectivity index (χ3n) is 3.64. The molecule has 23 heavy (non-hydrogen) atoms. The van der Waals surface area contributed by atoms with E-state index in [0.717, 1.165) is 12.8 Å². The van der Waals surface area contributed by atoms with Gasteiger partial charge in [-0.3, -0.25) is 9.69 Å². The molecule has 3 N–H and O–H groups in total. The van der Waals surface area contributed by atoms with E-state index >= 15 is 0 Å². The SMILES string of the molecule is CCCCC(=O)c1ccc(N2C[C@H](CNC(N)=S)OC2=O)cc1. The van der Waals surface area contributed by atoms with Gasteiger partial charge in [-0.1, -0.05) is 13.3 Å². The first-order valence-corrected chi connectivity index (χ1v) is 8.06. The van der Waals surface area contributed by atoms with Gasteiger partial charge >= 0.3 is 6.09 Å². The van der Waals surface area contributed by atoms with Crippen molar-refractivity contribution in [2.24, 2.45) is 5.73 Å². The number of hydrogen-bond donors (Lipinski definition) is 2. The van der Waals surface area contributed by atoms with Crippen molar-refractivity contribution in [3.8, 4) is 0 Å². The van der Waals surface area contributed by atoms with E-state index in [1.807, 2.05) is 0 Å². The minimum absolute atomic E-state index is 0.126. The van der Waals surface area contributed by atoms with Gasteiger partial charge in [0.25, 0.3) is 0 Å². The van der Waals surface area contributed by atoms with Gasteiger partial charge in [0, 0.05) is 17.7 Å². The Balaban J connectivity index is 1.98. The number of rotatable bonds is 7. The number of nitrogens with one attached hydrogen (secondary N) is 1. The zero-order valence-electron chi connectivity index (χ0n) is 13.1. The van der Waals surface area contributed by atoms with Crippen molar-refractivity contribution in [3.63, 3.8) is 0 Å². The molecule has 0 aromatic heterocycles. The summed E-state index contributed by atoms with van der Waals surface area (Å²) in [6.45, 7) is 2.85. The Morgan fingerprint density at radius 1 is 1.43 bits per heavy atom. The second kappa shape index (κ2) is 7.92. The molecule has 124 valence electrons. The molecule has 1 aliphatic heterocycles. The molecule has 0 aliphatic carbocycles. The van der Waals surface area contributed by atoms with Crippen LogP contribution < -0.4 is 16.0 Å². The first-order valence-electron chi connectivity index (χ1n) is 7.66. The Labute approximate surface area is 141 Å². The van der Waals surface area contributed by atoms with Crippen molar-refractivity contribution < 1.29 is 14.3 Å². The average Bonchev–Trinajstić information content (AvgIpc) is 2.91. The molecule has 0 saturated carbocycles. The molecule has 1 atom stereocenters. The van der Waals surface area contributed by atoms with E-state index in [0.29, 0.717) is 30.8 Å². The average molecular weight is 335 g/mol. The lowest BCUT2D eigenvalue weighted by atomic mass is 10.1. The number of carbonyl (C=O) groups is 2. The normalized spacial score (nSPS) is 17.0. The van der Waals surface area contributed by atoms with Crippen LogP contribution in [0, 0.1) is 0 Å². The number of unbranched alkanes of at least 4 members (excludes halogenated alkanes) is 1. The summed E-state index contributed by atoms with van der Waals surface area (Å²) in [5, 5.41) is 2.96. The molecule has 0 unspecified atom stereocenters. The summed E-state index contributed by atoms with van der Waals surface area (Å²) in [6, 6.07) is 7.04. The van der Waals surface area contributed by atoms with Gasteiger partial charge < -0.3 is 15.8 Å². The maximum absolute atomic E-state index is 12.0. The van der Waals surface area contributed by atoms with E-state index in [4.69, 9.17) is 22.7 Å². The third kappa shape index (κ3) is 4.66. The standard InChI is InChI=1S/C16H21N3O3S/c1-2-3-4-14(20)11-5-7-12(8-6-11)19-10-13(22-16(19)21)9-18-15(17)23/h5-8,13H,2-4,9-10H2,1H3,(H3,17,18,23)/t13-/m0/s1. The highest BCUT2D eigenvalue weighted by Gasteiger charge is 2.32. The topological polar surface area (TPSA) is 84.7 Å². The lowest BCUT2D eigenvalue weighted by Crippen LogP contribution is -2.37. The van der Waals surface area contributed by atoms with Crippen LogP contribution in [0.2, 0.25) is 0 Å². The summed E-state index contributed by atoms with van der Waals surface area (Å²) in [7, 11) is 0. The number of cyclic esters (lactones) is 1. The number of carbonyl (C=O) groups excluding carboxylic acids is 2. The van der Waals surface area contributed by atoms with Gasteiger partial charge in [-0.15, -0.1) is 0 Å². The van der Waals surface area contributed by atoms with Crippen molar-refractivity contribution in [2.75, 3.05) is 18.0 Å². The number of hydrogen-bond acceptors (Lipinski definition) is 4. The van der Waals surface area contributed by atoms with Crippen molar-refractivity contribution in [1.82, 2.24) is 5.32 Å². The maximum atomic E-state index is 12.0. The van der Waals surface area contributed by atoms with Gasteiger partial charge in [-0.05, 0) is 42.9 Å². The largest absolute Gasteiger partial charge is 0.442 e. The summed E-state index contributed by atoms with van der Waals surface area (Å²) in [4.78, 5) is 25.4. The van der Waals surface area contributed by atoms with Crippen LogP contribution in [0.15, 0.2) is 24.3 Å². The monoisotopic (exact) mass is 335 g/mol. The van der Waals surface area contributed by atoms with Crippen LogP contribution in [-0.2, 0) is 4.74 Å². The smallest absolute Gasteiger partial charge is 0.414 e. The van der Waals surface area contributed by atoms with Crippen molar-refractivity contribution >= 4 is 34.9 Å². The summed E-state index contributed by atoms with van der Waals surface area (Å²) in [5.74, 6) is 0.126. The van der Waals surface area contributed by atoms with E-state index in [-0.39, 0.29) is 17.0 Å². The van der Waals surface area contributed by atoms with E-state index < -0.39 is 6.09 Å². The zero-order valence-corrected chi connectivity index (χ0v) is 13.9. The highest BCUT2D eigenvalue weighted by Crippen LogP contribution is 2.22. The molecule has 1 aromatic rings. The molecule has 1 aromatic carbocycles. The van der Waals surface area contributed by atoms with Crippen molar-refractivity contribution in [2.45, 2.75) is 32.3 Å². The van der Waals surface area contributed by atoms with Crippen LogP contribution in [-0.4, -0.2) is 36.2 Å². The number of Topliss-reactive ketones (excluding diaryl/α,β-unsaturated/α-hetero) is 1. The van der Waals surface area contributed by atoms with Crippen LogP contribution in [0.1, 0.15) is 36.5 Å². The molecule has 6 nitrogen and oxygen atoms in total. The van der Waals surface area contributed by atoms with Gasteiger partial charge in [0.05, 0.1) is 13.1 Å². The number of ether oxygens (including phenoxy) is 1. The number of thiocarbonyl (C=S) groups is 1. The Kier molecular flexibility index (Phi) is 5.92. The van der Waals surface area contributed by atoms with Gasteiger partial charge in [-0.2, -0.15) is 0 Å². The van der Waals surface area contributed by atoms with Gasteiger partial charge in [0.15, 0.2) is 10.9 Å². The molecule has 2 rings (SSSR count). The van der Waals surface area contributed by atoms with Crippen LogP contribution in [0.5, 0.6) is 0 Å². The fourth-order valence-corrected chi connectivity index (χ4v) is 2.45. The first-order chi connectivity index (χ1) is 11.0. The van der Waals surface area contributed by atoms with E-state index in [9.17, 15) is 9.59 Å². The number of nitrogens with two attached hydrogens (primary N) is 1. The van der Waals surface area contributed by atoms with Crippen LogP contribution >= 0.6 is 12.2 Å². The maximum Gasteiger partial charge on any atom is 0.414 e. The Morgan fingerprint density at radius 3 is 2.74 bits per heavy atom. The molecule has 1 heterocycles. The number of benzene rings is 1. The molecule has 0 radical (unpaired) electrons. The lowest BCUT2D eigenvalue weighted by Gasteiger charge is -2.13. The van der Waals surface area contributed by atoms with Crippen LogP contribution in [0.4, 0.5) is 10.5 Å². The molecule has 0 bridgehead atoms. The fourth-order valence-electron chi connectivity index (χ4n) is 2.36. The molecule has 1 aliphatic rings. The van der Waals surface area contributed by atoms with Crippen molar-refractivity contribution in [3.05, 3.63) is 29.8 Å². The third-order valence-corrected chi connectivity index (χ3v) is 3.78. The molecule has 1 saturated heterocycles. The molecular weight excluding hydrogens is 314 g/mol. The minimum atomic E-state index is -0.412. The van der Waals surface area contributed by atoms with Crippen LogP contribution in [0.25, 0.3) is 0 Å². The number of nitrogens with zero attached hydrogens (tertiary/aromatic N) is 1. The fraction of sp³-hybridized carbons (Fsp3) is 0.438.